The summed E-state index contributed by atoms with van der Waals surface area (Å²) in [5, 5.41) is 2.57. The van der Waals surface area contributed by atoms with E-state index in [4.69, 9.17) is 4.74 Å². The van der Waals surface area contributed by atoms with Crippen LogP contribution < -0.4 is 5.56 Å². The molecule has 5 nitrogen and oxygen atoms in total. The minimum Gasteiger partial charge on any atom is -0.464 e. The van der Waals surface area contributed by atoms with Crippen LogP contribution in [0.2, 0.25) is 0 Å². The molecule has 2 aromatic heterocycles. The van der Waals surface area contributed by atoms with E-state index in [0.717, 1.165) is 24.0 Å². The van der Waals surface area contributed by atoms with Crippen LogP contribution in [-0.2, 0) is 28.9 Å². The Labute approximate surface area is 168 Å². The van der Waals surface area contributed by atoms with Crippen molar-refractivity contribution in [3.63, 3.8) is 0 Å². The summed E-state index contributed by atoms with van der Waals surface area (Å²) < 4.78 is 6.56. The van der Waals surface area contributed by atoms with Crippen molar-refractivity contribution in [2.24, 2.45) is 5.92 Å². The summed E-state index contributed by atoms with van der Waals surface area (Å²) in [4.78, 5) is 30.2. The van der Waals surface area contributed by atoms with E-state index in [1.807, 2.05) is 19.2 Å². The Kier molecular flexibility index (Phi) is 5.31. The number of thiophene rings is 1. The zero-order chi connectivity index (χ0) is 19.7. The number of hydrogen-bond donors (Lipinski definition) is 0. The lowest BCUT2D eigenvalue weighted by atomic mass is 9.89. The Balaban J connectivity index is 1.69. The second-order valence-corrected chi connectivity index (χ2v) is 8.63. The van der Waals surface area contributed by atoms with Crippen LogP contribution in [0.25, 0.3) is 21.3 Å². The Morgan fingerprint density at radius 3 is 2.82 bits per heavy atom. The van der Waals surface area contributed by atoms with Crippen LogP contribution in [0.3, 0.4) is 0 Å². The Bertz CT molecular complexity index is 1080. The first-order valence-electron chi connectivity index (χ1n) is 9.77. The van der Waals surface area contributed by atoms with Gasteiger partial charge in [-0.1, -0.05) is 32.0 Å². The van der Waals surface area contributed by atoms with Gasteiger partial charge in [-0.15, -0.1) is 11.3 Å². The average molecular weight is 397 g/mol. The van der Waals surface area contributed by atoms with Crippen LogP contribution in [0.4, 0.5) is 0 Å². The minimum absolute atomic E-state index is 0.117. The molecule has 1 aromatic carbocycles. The molecule has 4 rings (SSSR count). The molecule has 146 valence electrons. The molecule has 1 aliphatic carbocycles. The predicted molar refractivity (Wildman–Crippen MR) is 112 cm³/mol. The zero-order valence-corrected chi connectivity index (χ0v) is 17.1. The molecule has 0 N–H and O–H groups in total. The number of esters is 1. The number of carbonyl (C=O) groups excluding carboxylic acids is 1. The second-order valence-electron chi connectivity index (χ2n) is 7.77. The predicted octanol–water partition coefficient (Wildman–Crippen LogP) is 4.20. The van der Waals surface area contributed by atoms with Gasteiger partial charge in [0.1, 0.15) is 11.4 Å². The molecule has 0 bridgehead atoms. The van der Waals surface area contributed by atoms with Gasteiger partial charge in [-0.05, 0) is 48.3 Å². The third-order valence-corrected chi connectivity index (χ3v) is 5.98. The fourth-order valence-electron chi connectivity index (χ4n) is 3.64. The molecule has 28 heavy (non-hydrogen) atoms. The number of aromatic nitrogens is 2. The van der Waals surface area contributed by atoms with Gasteiger partial charge in [0.05, 0.1) is 18.3 Å². The smallest absolute Gasteiger partial charge is 0.326 e. The molecule has 0 saturated heterocycles. The molecule has 0 atom stereocenters. The van der Waals surface area contributed by atoms with Gasteiger partial charge in [-0.2, -0.15) is 0 Å². The van der Waals surface area contributed by atoms with Crippen LogP contribution in [-0.4, -0.2) is 22.1 Å². The molecular weight excluding hydrogens is 372 g/mol. The van der Waals surface area contributed by atoms with E-state index in [1.54, 1.807) is 0 Å². The van der Waals surface area contributed by atoms with Crippen molar-refractivity contribution in [2.75, 3.05) is 6.61 Å². The van der Waals surface area contributed by atoms with Crippen LogP contribution in [0.1, 0.15) is 37.8 Å². The second kappa shape index (κ2) is 7.87. The highest BCUT2D eigenvalue weighted by molar-refractivity contribution is 7.17. The van der Waals surface area contributed by atoms with Gasteiger partial charge >= 0.3 is 5.97 Å². The number of benzene rings is 1. The van der Waals surface area contributed by atoms with Crippen LogP contribution in [0.5, 0.6) is 0 Å². The number of ether oxygens (including phenoxy) is 1. The van der Waals surface area contributed by atoms with Crippen LogP contribution in [0.15, 0.2) is 34.7 Å². The van der Waals surface area contributed by atoms with Crippen molar-refractivity contribution in [3.05, 3.63) is 51.4 Å². The summed E-state index contributed by atoms with van der Waals surface area (Å²) in [7, 11) is 0. The Hall–Kier alpha value is -2.47. The SMILES string of the molecule is CC(C)COC(=O)Cn1cnc2scc(-c3ccc4c(c3)CCCC4)c2c1=O. The Morgan fingerprint density at radius 1 is 1.25 bits per heavy atom. The summed E-state index contributed by atoms with van der Waals surface area (Å²) in [6.45, 7) is 4.18. The summed E-state index contributed by atoms with van der Waals surface area (Å²) in [5.74, 6) is -0.156. The topological polar surface area (TPSA) is 61.2 Å². The normalized spacial score (nSPS) is 13.7. The highest BCUT2D eigenvalue weighted by atomic mass is 32.1. The largest absolute Gasteiger partial charge is 0.464 e. The van der Waals surface area contributed by atoms with Gasteiger partial charge in [0.15, 0.2) is 0 Å². The zero-order valence-electron chi connectivity index (χ0n) is 16.2. The number of rotatable bonds is 5. The van der Waals surface area contributed by atoms with Crippen molar-refractivity contribution < 1.29 is 9.53 Å². The van der Waals surface area contributed by atoms with Crippen molar-refractivity contribution in [1.82, 2.24) is 9.55 Å². The first-order valence-corrected chi connectivity index (χ1v) is 10.7. The lowest BCUT2D eigenvalue weighted by Gasteiger charge is -2.16. The van der Waals surface area contributed by atoms with Gasteiger partial charge in [0.25, 0.3) is 5.56 Å². The minimum atomic E-state index is -0.414. The maximum atomic E-state index is 13.1. The molecule has 0 aliphatic heterocycles. The molecule has 1 aliphatic rings. The molecular formula is C22H24N2O3S. The number of hydrogen-bond acceptors (Lipinski definition) is 5. The molecule has 0 fully saturated rings. The highest BCUT2D eigenvalue weighted by Crippen LogP contribution is 2.33. The standard InChI is InChI=1S/C22H24N2O3S/c1-14(2)11-27-19(25)10-24-13-23-21-20(22(24)26)18(12-28-21)17-8-7-15-5-3-4-6-16(15)9-17/h7-9,12-14H,3-6,10-11H2,1-2H3. The quantitative estimate of drug-likeness (QED) is 0.607. The van der Waals surface area contributed by atoms with E-state index in [1.165, 1.54) is 46.2 Å². The van der Waals surface area contributed by atoms with E-state index in [-0.39, 0.29) is 18.0 Å². The molecule has 6 heteroatoms. The first kappa shape index (κ1) is 18.9. The number of carbonyl (C=O) groups is 1. The van der Waals surface area contributed by atoms with Crippen molar-refractivity contribution in [3.8, 4) is 11.1 Å². The van der Waals surface area contributed by atoms with E-state index in [0.29, 0.717) is 16.8 Å². The molecule has 2 heterocycles. The van der Waals surface area contributed by atoms with Crippen LogP contribution >= 0.6 is 11.3 Å². The summed E-state index contributed by atoms with van der Waals surface area (Å²) in [6, 6.07) is 6.49. The monoisotopic (exact) mass is 396 g/mol. The molecule has 0 saturated carbocycles. The van der Waals surface area contributed by atoms with Gasteiger partial charge in [-0.25, -0.2) is 4.98 Å². The lowest BCUT2D eigenvalue weighted by Crippen LogP contribution is -2.26. The molecule has 0 amide bonds. The van der Waals surface area contributed by atoms with Gasteiger partial charge in [0.2, 0.25) is 0 Å². The molecule has 3 aromatic rings. The maximum Gasteiger partial charge on any atom is 0.326 e. The van der Waals surface area contributed by atoms with Gasteiger partial charge < -0.3 is 4.74 Å². The van der Waals surface area contributed by atoms with Crippen molar-refractivity contribution in [1.29, 1.82) is 0 Å². The number of fused-ring (bicyclic) bond motifs is 2. The fourth-order valence-corrected chi connectivity index (χ4v) is 4.54. The van der Waals surface area contributed by atoms with Gasteiger partial charge in [-0.3, -0.25) is 14.2 Å². The first-order chi connectivity index (χ1) is 13.5. The third kappa shape index (κ3) is 3.74. The number of aryl methyl sites for hydroxylation is 2. The van der Waals surface area contributed by atoms with Gasteiger partial charge in [0, 0.05) is 10.9 Å². The lowest BCUT2D eigenvalue weighted by molar-refractivity contribution is -0.145. The Morgan fingerprint density at radius 2 is 2.04 bits per heavy atom. The molecule has 0 unspecified atom stereocenters. The number of nitrogens with zero attached hydrogens (tertiary/aromatic N) is 2. The van der Waals surface area contributed by atoms with E-state index < -0.39 is 5.97 Å². The molecule has 0 spiro atoms. The summed E-state index contributed by atoms with van der Waals surface area (Å²) in [5.41, 5.74) is 4.55. The average Bonchev–Trinajstić information content (AvgIpc) is 3.13. The summed E-state index contributed by atoms with van der Waals surface area (Å²) in [6.07, 6.45) is 6.12. The van der Waals surface area contributed by atoms with Crippen LogP contribution in [0, 0.1) is 5.92 Å². The van der Waals surface area contributed by atoms with E-state index in [2.05, 4.69) is 23.2 Å². The highest BCUT2D eigenvalue weighted by Gasteiger charge is 2.17. The summed E-state index contributed by atoms with van der Waals surface area (Å²) >= 11 is 1.46. The fraction of sp³-hybridized carbons (Fsp3) is 0.409. The van der Waals surface area contributed by atoms with E-state index in [9.17, 15) is 9.59 Å². The van der Waals surface area contributed by atoms with E-state index >= 15 is 0 Å². The third-order valence-electron chi connectivity index (χ3n) is 5.10. The molecule has 0 radical (unpaired) electrons. The van der Waals surface area contributed by atoms with Crippen molar-refractivity contribution >= 4 is 27.5 Å². The maximum absolute atomic E-state index is 13.1. The van der Waals surface area contributed by atoms with Crippen molar-refractivity contribution in [2.45, 2.75) is 46.1 Å².